The maximum absolute atomic E-state index is 13.5. The Bertz CT molecular complexity index is 1620. The highest BCUT2D eigenvalue weighted by Gasteiger charge is 2.38. The smallest absolute Gasteiger partial charge is 0.475 e. The van der Waals surface area contributed by atoms with E-state index in [1.165, 1.54) is 16.7 Å². The van der Waals surface area contributed by atoms with Crippen molar-refractivity contribution in [2.75, 3.05) is 17.2 Å². The minimum atomic E-state index is -5.08. The second-order valence-electron chi connectivity index (χ2n) is 9.62. The van der Waals surface area contributed by atoms with E-state index < -0.39 is 34.1 Å². The molecule has 240 valence electrons. The molecule has 0 unspecified atom stereocenters. The van der Waals surface area contributed by atoms with Gasteiger partial charge in [0.05, 0.1) is 11.4 Å². The molecule has 0 aromatic heterocycles. The average molecular weight is 666 g/mol. The molecule has 3 aromatic rings. The van der Waals surface area contributed by atoms with Gasteiger partial charge in [0, 0.05) is 35.7 Å². The fourth-order valence-corrected chi connectivity index (χ4v) is 6.54. The van der Waals surface area contributed by atoms with Crippen LogP contribution in [-0.2, 0) is 36.7 Å². The summed E-state index contributed by atoms with van der Waals surface area (Å²) >= 11 is 1.40. The number of carboxylic acid groups (broad SMARTS) is 1. The number of para-hydroxylation sites is 1. The first-order chi connectivity index (χ1) is 21.2. The second kappa shape index (κ2) is 15.5. The van der Waals surface area contributed by atoms with Crippen LogP contribution in [0.1, 0.15) is 23.1 Å². The van der Waals surface area contributed by atoms with Gasteiger partial charge in [0.25, 0.3) is 0 Å². The summed E-state index contributed by atoms with van der Waals surface area (Å²) < 4.78 is 60.1. The van der Waals surface area contributed by atoms with Crippen molar-refractivity contribution in [1.29, 1.82) is 5.41 Å². The minimum absolute atomic E-state index is 0.0261. The van der Waals surface area contributed by atoms with E-state index in [0.717, 1.165) is 10.5 Å². The molecule has 1 aliphatic rings. The van der Waals surface area contributed by atoms with Gasteiger partial charge in [0.15, 0.2) is 0 Å². The Morgan fingerprint density at radius 1 is 1.00 bits per heavy atom. The number of thioether (sulfide) groups is 1. The SMILES string of the molecule is N=C(N)c1ccc(CNC(=O)CCN2C(=O)[C@H](NS(=O)(=O)Cc3ccccc3)CSc3ccccc32)cc1.O=C(O)C(F)(F)F. The van der Waals surface area contributed by atoms with Crippen LogP contribution in [0.5, 0.6) is 0 Å². The Morgan fingerprint density at radius 2 is 1.60 bits per heavy atom. The van der Waals surface area contributed by atoms with E-state index in [9.17, 15) is 31.2 Å². The number of nitrogens with one attached hydrogen (secondary N) is 3. The third-order valence-corrected chi connectivity index (χ3v) is 8.72. The number of nitrogens with zero attached hydrogens (tertiary/aromatic N) is 1. The number of nitrogens with two attached hydrogens (primary N) is 1. The maximum atomic E-state index is 13.5. The molecule has 1 atom stereocenters. The Labute approximate surface area is 261 Å². The van der Waals surface area contributed by atoms with Gasteiger partial charge in [-0.1, -0.05) is 66.7 Å². The van der Waals surface area contributed by atoms with Crippen LogP contribution in [0.4, 0.5) is 18.9 Å². The maximum Gasteiger partial charge on any atom is 0.490 e. The number of rotatable bonds is 10. The summed E-state index contributed by atoms with van der Waals surface area (Å²) in [7, 11) is -3.78. The molecule has 2 amide bonds. The fraction of sp³-hybridized carbons (Fsp3) is 0.241. The number of alkyl halides is 3. The highest BCUT2D eigenvalue weighted by Crippen LogP contribution is 2.34. The average Bonchev–Trinajstić information content (AvgIpc) is 3.11. The molecule has 0 spiro atoms. The predicted octanol–water partition coefficient (Wildman–Crippen LogP) is 3.24. The second-order valence-corrected chi connectivity index (χ2v) is 12.4. The number of hydrogen-bond donors (Lipinski definition) is 5. The zero-order valence-corrected chi connectivity index (χ0v) is 25.2. The third-order valence-electron chi connectivity index (χ3n) is 6.21. The summed E-state index contributed by atoms with van der Waals surface area (Å²) in [5.41, 5.74) is 8.20. The molecule has 45 heavy (non-hydrogen) atoms. The number of benzene rings is 3. The molecule has 0 saturated carbocycles. The van der Waals surface area contributed by atoms with Gasteiger partial charge in [-0.2, -0.15) is 13.2 Å². The zero-order chi connectivity index (χ0) is 33.2. The molecular formula is C29H30F3N5O6S2. The predicted molar refractivity (Wildman–Crippen MR) is 163 cm³/mol. The van der Waals surface area contributed by atoms with Gasteiger partial charge in [0.2, 0.25) is 21.8 Å². The van der Waals surface area contributed by atoms with Crippen LogP contribution in [0, 0.1) is 5.41 Å². The standard InChI is InChI=1S/C27H29N5O4S2.C2HF3O2/c28-26(29)21-12-10-19(11-13-21)16-30-25(33)14-15-32-23-8-4-5-9-24(23)37-17-22(27(32)34)31-38(35,36)18-20-6-2-1-3-7-20;3-2(4,5)1(6)7/h1-13,22,31H,14-18H2,(H3,28,29)(H,30,33);(H,6,7)/t22-;/m1./s1. The number of hydrogen-bond acceptors (Lipinski definition) is 7. The van der Waals surface area contributed by atoms with E-state index in [1.54, 1.807) is 54.6 Å². The van der Waals surface area contributed by atoms with Gasteiger partial charge in [0.1, 0.15) is 11.9 Å². The molecular weight excluding hydrogens is 635 g/mol. The van der Waals surface area contributed by atoms with Crippen LogP contribution >= 0.6 is 11.8 Å². The summed E-state index contributed by atoms with van der Waals surface area (Å²) in [6, 6.07) is 22.2. The topological polar surface area (TPSA) is 183 Å². The van der Waals surface area contributed by atoms with E-state index in [2.05, 4.69) is 10.0 Å². The Morgan fingerprint density at radius 3 is 2.20 bits per heavy atom. The first-order valence-corrected chi connectivity index (χ1v) is 15.9. The van der Waals surface area contributed by atoms with Crippen LogP contribution in [0.25, 0.3) is 0 Å². The van der Waals surface area contributed by atoms with Gasteiger partial charge >= 0.3 is 12.1 Å². The Hall–Kier alpha value is -4.41. The lowest BCUT2D eigenvalue weighted by Crippen LogP contribution is -2.50. The van der Waals surface area contributed by atoms with Crippen molar-refractivity contribution in [1.82, 2.24) is 10.0 Å². The summed E-state index contributed by atoms with van der Waals surface area (Å²) in [4.78, 5) is 37.4. The van der Waals surface area contributed by atoms with Crippen LogP contribution < -0.4 is 20.7 Å². The van der Waals surface area contributed by atoms with Crippen molar-refractivity contribution < 1.29 is 41.1 Å². The number of halogens is 3. The zero-order valence-electron chi connectivity index (χ0n) is 23.6. The number of amidine groups is 1. The number of amides is 2. The minimum Gasteiger partial charge on any atom is -0.475 e. The van der Waals surface area contributed by atoms with E-state index in [0.29, 0.717) is 23.4 Å². The van der Waals surface area contributed by atoms with Gasteiger partial charge in [-0.25, -0.2) is 17.9 Å². The van der Waals surface area contributed by atoms with Crippen molar-refractivity contribution in [2.45, 2.75) is 35.8 Å². The van der Waals surface area contributed by atoms with Crippen molar-refractivity contribution in [3.8, 4) is 0 Å². The van der Waals surface area contributed by atoms with E-state index in [4.69, 9.17) is 21.0 Å². The van der Waals surface area contributed by atoms with Crippen molar-refractivity contribution in [3.63, 3.8) is 0 Å². The number of carbonyl (C=O) groups excluding carboxylic acids is 2. The van der Waals surface area contributed by atoms with E-state index >= 15 is 0 Å². The molecule has 0 bridgehead atoms. The molecule has 0 radical (unpaired) electrons. The third kappa shape index (κ3) is 10.9. The quantitative estimate of drug-likeness (QED) is 0.162. The van der Waals surface area contributed by atoms with E-state index in [-0.39, 0.29) is 36.2 Å². The van der Waals surface area contributed by atoms with Crippen molar-refractivity contribution in [2.24, 2.45) is 5.73 Å². The summed E-state index contributed by atoms with van der Waals surface area (Å²) in [5, 5.41) is 17.4. The normalized spacial score (nSPS) is 14.8. The summed E-state index contributed by atoms with van der Waals surface area (Å²) in [6.07, 6.45) is -5.04. The number of sulfonamides is 1. The molecule has 6 N–H and O–H groups in total. The van der Waals surface area contributed by atoms with Gasteiger partial charge < -0.3 is 21.1 Å². The number of carboxylic acids is 1. The van der Waals surface area contributed by atoms with Crippen LogP contribution in [0.2, 0.25) is 0 Å². The first-order valence-electron chi connectivity index (χ1n) is 13.2. The monoisotopic (exact) mass is 665 g/mol. The molecule has 16 heteroatoms. The van der Waals surface area contributed by atoms with Crippen LogP contribution in [0.15, 0.2) is 83.8 Å². The first kappa shape index (κ1) is 35.1. The van der Waals surface area contributed by atoms with Gasteiger partial charge in [-0.3, -0.25) is 15.0 Å². The van der Waals surface area contributed by atoms with Gasteiger partial charge in [-0.05, 0) is 23.3 Å². The molecule has 1 aliphatic heterocycles. The molecule has 1 heterocycles. The van der Waals surface area contributed by atoms with E-state index in [1.807, 2.05) is 24.3 Å². The van der Waals surface area contributed by atoms with Gasteiger partial charge in [-0.15, -0.1) is 11.8 Å². The molecule has 0 aliphatic carbocycles. The lowest BCUT2D eigenvalue weighted by atomic mass is 10.1. The molecule has 0 fully saturated rings. The highest BCUT2D eigenvalue weighted by molar-refractivity contribution is 7.99. The molecule has 11 nitrogen and oxygen atoms in total. The molecule has 4 rings (SSSR count). The lowest BCUT2D eigenvalue weighted by molar-refractivity contribution is -0.192. The molecule has 3 aromatic carbocycles. The number of carbonyl (C=O) groups is 3. The molecule has 0 saturated heterocycles. The largest absolute Gasteiger partial charge is 0.490 e. The number of nitrogen functional groups attached to an aromatic ring is 1. The van der Waals surface area contributed by atoms with Crippen molar-refractivity contribution >= 4 is 51.1 Å². The van der Waals surface area contributed by atoms with Crippen LogP contribution in [0.3, 0.4) is 0 Å². The number of aliphatic carboxylic acids is 1. The number of fused-ring (bicyclic) bond motifs is 1. The van der Waals surface area contributed by atoms with Crippen molar-refractivity contribution in [3.05, 3.63) is 95.6 Å². The summed E-state index contributed by atoms with van der Waals surface area (Å²) in [5.74, 6) is -3.42. The summed E-state index contributed by atoms with van der Waals surface area (Å²) in [6.45, 7) is 0.391. The lowest BCUT2D eigenvalue weighted by Gasteiger charge is -2.25. The van der Waals surface area contributed by atoms with Crippen LogP contribution in [-0.4, -0.2) is 61.7 Å². The highest BCUT2D eigenvalue weighted by atomic mass is 32.2. The Kier molecular flexibility index (Phi) is 12.1. The number of anilines is 1. The fourth-order valence-electron chi connectivity index (χ4n) is 4.03. The Balaban J connectivity index is 0.000000707.